The van der Waals surface area contributed by atoms with Gasteiger partial charge in [-0.05, 0) is 35.7 Å². The molecule has 0 saturated heterocycles. The summed E-state index contributed by atoms with van der Waals surface area (Å²) >= 11 is 5.80. The van der Waals surface area contributed by atoms with E-state index in [2.05, 4.69) is 31.7 Å². The van der Waals surface area contributed by atoms with Crippen molar-refractivity contribution in [3.63, 3.8) is 0 Å². The molecule has 2 aromatic heterocycles. The first-order valence-corrected chi connectivity index (χ1v) is 8.51. The summed E-state index contributed by atoms with van der Waals surface area (Å²) in [5.41, 5.74) is 3.32. The number of benzene rings is 1. The minimum atomic E-state index is 0. The average molecular weight is 482 g/mol. The Morgan fingerprint density at radius 3 is 2.69 bits per heavy atom. The molecule has 0 spiro atoms. The van der Waals surface area contributed by atoms with Crippen molar-refractivity contribution in [3.8, 4) is 0 Å². The Balaban J connectivity index is 0.00000243. The number of para-hydroxylation sites is 1. The largest absolute Gasteiger partial charge is 0.356 e. The van der Waals surface area contributed by atoms with Crippen LogP contribution in [-0.2, 0) is 13.0 Å². The Morgan fingerprint density at radius 2 is 1.92 bits per heavy atom. The highest BCUT2D eigenvalue weighted by Gasteiger charge is 2.03. The third-order valence-corrected chi connectivity index (χ3v) is 4.13. The molecule has 26 heavy (non-hydrogen) atoms. The maximum Gasteiger partial charge on any atom is 0.191 e. The second-order valence-corrected chi connectivity index (χ2v) is 5.97. The molecule has 0 unspecified atom stereocenters. The Kier molecular flexibility index (Phi) is 8.06. The van der Waals surface area contributed by atoms with Gasteiger partial charge in [0.1, 0.15) is 5.15 Å². The molecular weight excluding hydrogens is 461 g/mol. The summed E-state index contributed by atoms with van der Waals surface area (Å²) in [6.07, 6.45) is 4.48. The predicted octanol–water partition coefficient (Wildman–Crippen LogP) is 3.81. The molecule has 1 aromatic carbocycles. The van der Waals surface area contributed by atoms with E-state index in [0.29, 0.717) is 11.7 Å². The molecule has 0 bridgehead atoms. The van der Waals surface area contributed by atoms with E-state index < -0.39 is 0 Å². The van der Waals surface area contributed by atoms with Gasteiger partial charge in [-0.1, -0.05) is 35.9 Å². The quantitative estimate of drug-likeness (QED) is 0.252. The van der Waals surface area contributed by atoms with Crippen LogP contribution >= 0.6 is 35.6 Å². The summed E-state index contributed by atoms with van der Waals surface area (Å²) in [7, 11) is 1.77. The van der Waals surface area contributed by atoms with Crippen molar-refractivity contribution in [3.05, 3.63) is 71.1 Å². The Morgan fingerprint density at radius 1 is 1.08 bits per heavy atom. The van der Waals surface area contributed by atoms with Gasteiger partial charge in [-0.25, -0.2) is 4.98 Å². The number of hydrogen-bond acceptors (Lipinski definition) is 3. The number of aromatic nitrogens is 2. The molecule has 2 N–H and O–H groups in total. The van der Waals surface area contributed by atoms with E-state index in [1.165, 1.54) is 5.56 Å². The number of guanidine groups is 1. The van der Waals surface area contributed by atoms with Crippen molar-refractivity contribution in [2.45, 2.75) is 13.0 Å². The van der Waals surface area contributed by atoms with Gasteiger partial charge in [-0.2, -0.15) is 0 Å². The van der Waals surface area contributed by atoms with Crippen LogP contribution in [0.5, 0.6) is 0 Å². The molecule has 0 radical (unpaired) electrons. The lowest BCUT2D eigenvalue weighted by molar-refractivity contribution is 0.795. The topological polar surface area (TPSA) is 62.2 Å². The number of hydrogen-bond donors (Lipinski definition) is 2. The summed E-state index contributed by atoms with van der Waals surface area (Å²) in [4.78, 5) is 12.7. The van der Waals surface area contributed by atoms with E-state index in [9.17, 15) is 0 Å². The zero-order chi connectivity index (χ0) is 17.5. The number of aliphatic imine (C=N–C) groups is 1. The summed E-state index contributed by atoms with van der Waals surface area (Å²) in [6, 6.07) is 13.9. The molecule has 0 aliphatic heterocycles. The minimum Gasteiger partial charge on any atom is -0.356 e. The zero-order valence-electron chi connectivity index (χ0n) is 14.4. The molecule has 0 saturated carbocycles. The fourth-order valence-corrected chi connectivity index (χ4v) is 2.70. The van der Waals surface area contributed by atoms with Gasteiger partial charge in [-0.15, -0.1) is 24.0 Å². The summed E-state index contributed by atoms with van der Waals surface area (Å²) in [5, 5.41) is 8.33. The number of fused-ring (bicyclic) bond motifs is 1. The minimum absolute atomic E-state index is 0. The molecular formula is C19H21ClIN5. The smallest absolute Gasteiger partial charge is 0.191 e. The standard InChI is InChI=1S/C19H20ClN5.HI/c1-21-19(23-10-8-14-6-7-18(20)24-12-14)25-13-15-9-11-22-17-5-3-2-4-16(15)17;/h2-7,9,11-12H,8,10,13H2,1H3,(H2,21,23,25);1H. The lowest BCUT2D eigenvalue weighted by Crippen LogP contribution is -2.37. The van der Waals surface area contributed by atoms with Crippen LogP contribution in [0.25, 0.3) is 10.9 Å². The second-order valence-electron chi connectivity index (χ2n) is 5.58. The van der Waals surface area contributed by atoms with Gasteiger partial charge in [0.2, 0.25) is 0 Å². The van der Waals surface area contributed by atoms with Crippen molar-refractivity contribution in [1.82, 2.24) is 20.6 Å². The van der Waals surface area contributed by atoms with Gasteiger partial charge in [0.25, 0.3) is 0 Å². The lowest BCUT2D eigenvalue weighted by Gasteiger charge is -2.13. The molecule has 0 atom stereocenters. The van der Waals surface area contributed by atoms with E-state index in [0.717, 1.165) is 35.4 Å². The van der Waals surface area contributed by atoms with Crippen LogP contribution in [0.4, 0.5) is 0 Å². The Bertz CT molecular complexity index is 862. The molecule has 0 aliphatic carbocycles. The summed E-state index contributed by atoms with van der Waals surface area (Å²) in [5.74, 6) is 0.766. The normalized spacial score (nSPS) is 11.1. The zero-order valence-corrected chi connectivity index (χ0v) is 17.5. The van der Waals surface area contributed by atoms with E-state index in [1.54, 1.807) is 19.3 Å². The van der Waals surface area contributed by atoms with Crippen LogP contribution in [0.2, 0.25) is 5.15 Å². The SMILES string of the molecule is CN=C(NCCc1ccc(Cl)nc1)NCc1ccnc2ccccc12.I. The molecule has 136 valence electrons. The molecule has 0 fully saturated rings. The van der Waals surface area contributed by atoms with Crippen LogP contribution in [-0.4, -0.2) is 29.5 Å². The van der Waals surface area contributed by atoms with E-state index in [-0.39, 0.29) is 24.0 Å². The third-order valence-electron chi connectivity index (χ3n) is 3.90. The van der Waals surface area contributed by atoms with Crippen molar-refractivity contribution in [1.29, 1.82) is 0 Å². The fraction of sp³-hybridized carbons (Fsp3) is 0.211. The number of rotatable bonds is 5. The summed E-state index contributed by atoms with van der Waals surface area (Å²) in [6.45, 7) is 1.45. The monoisotopic (exact) mass is 481 g/mol. The van der Waals surface area contributed by atoms with Crippen molar-refractivity contribution >= 4 is 52.4 Å². The molecule has 0 aliphatic rings. The molecule has 7 heteroatoms. The number of halogens is 2. The third kappa shape index (κ3) is 5.54. The highest BCUT2D eigenvalue weighted by molar-refractivity contribution is 14.0. The fourth-order valence-electron chi connectivity index (χ4n) is 2.59. The van der Waals surface area contributed by atoms with Gasteiger partial charge < -0.3 is 10.6 Å². The average Bonchev–Trinajstić information content (AvgIpc) is 2.66. The van der Waals surface area contributed by atoms with Gasteiger partial charge >= 0.3 is 0 Å². The van der Waals surface area contributed by atoms with Crippen LogP contribution < -0.4 is 10.6 Å². The highest BCUT2D eigenvalue weighted by Crippen LogP contribution is 2.15. The first-order chi connectivity index (χ1) is 12.3. The van der Waals surface area contributed by atoms with Crippen LogP contribution in [0.1, 0.15) is 11.1 Å². The van der Waals surface area contributed by atoms with E-state index in [1.807, 2.05) is 36.5 Å². The lowest BCUT2D eigenvalue weighted by atomic mass is 10.1. The van der Waals surface area contributed by atoms with Gasteiger partial charge in [-0.3, -0.25) is 9.98 Å². The maximum atomic E-state index is 5.80. The van der Waals surface area contributed by atoms with Crippen LogP contribution in [0.15, 0.2) is 59.9 Å². The first-order valence-electron chi connectivity index (χ1n) is 8.14. The first kappa shape index (κ1) is 20.4. The summed E-state index contributed by atoms with van der Waals surface area (Å²) < 4.78 is 0. The molecule has 3 rings (SSSR count). The van der Waals surface area contributed by atoms with Crippen LogP contribution in [0.3, 0.4) is 0 Å². The van der Waals surface area contributed by atoms with Gasteiger partial charge in [0.15, 0.2) is 5.96 Å². The molecule has 0 amide bonds. The molecule has 3 aromatic rings. The number of nitrogens with one attached hydrogen (secondary N) is 2. The van der Waals surface area contributed by atoms with Gasteiger partial charge in [0, 0.05) is 37.9 Å². The Labute approximate surface area is 175 Å². The van der Waals surface area contributed by atoms with Crippen molar-refractivity contribution in [2.75, 3.05) is 13.6 Å². The van der Waals surface area contributed by atoms with Crippen LogP contribution in [0, 0.1) is 0 Å². The predicted molar refractivity (Wildman–Crippen MR) is 118 cm³/mol. The maximum absolute atomic E-state index is 5.80. The van der Waals surface area contributed by atoms with E-state index >= 15 is 0 Å². The van der Waals surface area contributed by atoms with E-state index in [4.69, 9.17) is 11.6 Å². The van der Waals surface area contributed by atoms with Crippen molar-refractivity contribution < 1.29 is 0 Å². The van der Waals surface area contributed by atoms with Crippen molar-refractivity contribution in [2.24, 2.45) is 4.99 Å². The Hall–Kier alpha value is -1.93. The molecule has 5 nitrogen and oxygen atoms in total. The second kappa shape index (κ2) is 10.3. The number of nitrogens with zero attached hydrogens (tertiary/aromatic N) is 3. The van der Waals surface area contributed by atoms with Gasteiger partial charge in [0.05, 0.1) is 5.52 Å². The highest BCUT2D eigenvalue weighted by atomic mass is 127. The molecule has 2 heterocycles. The number of pyridine rings is 2.